The quantitative estimate of drug-likeness (QED) is 0.550. The van der Waals surface area contributed by atoms with E-state index in [4.69, 9.17) is 0 Å². The number of anilines is 2. The molecular weight excluding hydrogens is 242 g/mol. The summed E-state index contributed by atoms with van der Waals surface area (Å²) in [5, 5.41) is 15.1. The van der Waals surface area contributed by atoms with Crippen LogP contribution < -0.4 is 5.32 Å². The van der Waals surface area contributed by atoms with Gasteiger partial charge in [0.1, 0.15) is 5.69 Å². The summed E-state index contributed by atoms with van der Waals surface area (Å²) >= 11 is 0. The van der Waals surface area contributed by atoms with Crippen molar-refractivity contribution in [3.63, 3.8) is 0 Å². The predicted molar refractivity (Wildman–Crippen MR) is 74.7 cm³/mol. The maximum atomic E-state index is 10.9. The second-order valence-corrected chi connectivity index (χ2v) is 4.18. The first kappa shape index (κ1) is 11.3. The average Bonchev–Trinajstić information content (AvgIpc) is 2.86. The third-order valence-corrected chi connectivity index (χ3v) is 2.93. The molecule has 0 atom stereocenters. The first-order chi connectivity index (χ1) is 9.24. The third kappa shape index (κ3) is 2.13. The maximum Gasteiger partial charge on any atom is 0.292 e. The summed E-state index contributed by atoms with van der Waals surface area (Å²) < 4.78 is 0. The minimum atomic E-state index is -0.393. The topological polar surface area (TPSA) is 71.0 Å². The number of hydrogen-bond donors (Lipinski definition) is 2. The molecule has 0 unspecified atom stereocenters. The van der Waals surface area contributed by atoms with Gasteiger partial charge in [-0.3, -0.25) is 10.1 Å². The molecule has 94 valence electrons. The Morgan fingerprint density at radius 1 is 1.11 bits per heavy atom. The summed E-state index contributed by atoms with van der Waals surface area (Å²) in [6.07, 6.45) is 1.86. The molecule has 0 aliphatic carbocycles. The van der Waals surface area contributed by atoms with E-state index in [1.165, 1.54) is 6.07 Å². The first-order valence-electron chi connectivity index (χ1n) is 5.81. The van der Waals surface area contributed by atoms with Gasteiger partial charge in [-0.2, -0.15) is 0 Å². The van der Waals surface area contributed by atoms with Crippen molar-refractivity contribution >= 4 is 28.0 Å². The van der Waals surface area contributed by atoms with Crippen LogP contribution in [0.15, 0.2) is 54.7 Å². The lowest BCUT2D eigenvalue weighted by atomic mass is 10.2. The number of aromatic nitrogens is 1. The van der Waals surface area contributed by atoms with Gasteiger partial charge in [-0.15, -0.1) is 0 Å². The second-order valence-electron chi connectivity index (χ2n) is 4.18. The average molecular weight is 253 g/mol. The van der Waals surface area contributed by atoms with Crippen LogP contribution in [-0.2, 0) is 0 Å². The van der Waals surface area contributed by atoms with Gasteiger partial charge in [-0.05, 0) is 29.7 Å². The molecule has 0 amide bonds. The number of fused-ring (bicyclic) bond motifs is 1. The fourth-order valence-electron chi connectivity index (χ4n) is 2.02. The Bertz CT molecular complexity index is 749. The fourth-order valence-corrected chi connectivity index (χ4v) is 2.02. The van der Waals surface area contributed by atoms with E-state index in [0.29, 0.717) is 5.69 Å². The van der Waals surface area contributed by atoms with Gasteiger partial charge in [0.2, 0.25) is 0 Å². The van der Waals surface area contributed by atoms with Gasteiger partial charge < -0.3 is 10.3 Å². The van der Waals surface area contributed by atoms with E-state index in [1.807, 2.05) is 30.5 Å². The van der Waals surface area contributed by atoms with E-state index in [-0.39, 0.29) is 5.69 Å². The van der Waals surface area contributed by atoms with Gasteiger partial charge in [-0.1, -0.05) is 18.2 Å². The van der Waals surface area contributed by atoms with Gasteiger partial charge in [-0.25, -0.2) is 0 Å². The van der Waals surface area contributed by atoms with Crippen LogP contribution in [0.3, 0.4) is 0 Å². The molecule has 0 bridgehead atoms. The summed E-state index contributed by atoms with van der Waals surface area (Å²) in [7, 11) is 0. The minimum Gasteiger partial charge on any atom is -0.361 e. The largest absolute Gasteiger partial charge is 0.361 e. The number of aromatic amines is 1. The van der Waals surface area contributed by atoms with Gasteiger partial charge in [0.15, 0.2) is 0 Å². The molecule has 1 heterocycles. The third-order valence-electron chi connectivity index (χ3n) is 2.93. The number of nitro benzene ring substituents is 1. The molecule has 0 aliphatic rings. The Morgan fingerprint density at radius 2 is 1.95 bits per heavy atom. The van der Waals surface area contributed by atoms with Crippen molar-refractivity contribution in [2.45, 2.75) is 0 Å². The Morgan fingerprint density at radius 3 is 2.79 bits per heavy atom. The van der Waals surface area contributed by atoms with Crippen molar-refractivity contribution in [2.24, 2.45) is 0 Å². The highest BCUT2D eigenvalue weighted by Gasteiger charge is 2.12. The van der Waals surface area contributed by atoms with Gasteiger partial charge in [0.25, 0.3) is 5.69 Å². The van der Waals surface area contributed by atoms with Crippen molar-refractivity contribution in [3.05, 3.63) is 64.8 Å². The zero-order valence-electron chi connectivity index (χ0n) is 9.96. The van der Waals surface area contributed by atoms with E-state index >= 15 is 0 Å². The molecule has 3 aromatic rings. The van der Waals surface area contributed by atoms with Crippen molar-refractivity contribution in [3.8, 4) is 0 Å². The van der Waals surface area contributed by atoms with E-state index in [1.54, 1.807) is 18.2 Å². The highest BCUT2D eigenvalue weighted by molar-refractivity contribution is 5.84. The molecule has 0 aliphatic heterocycles. The van der Waals surface area contributed by atoms with Gasteiger partial charge >= 0.3 is 0 Å². The molecule has 19 heavy (non-hydrogen) atoms. The molecule has 0 spiro atoms. The number of nitro groups is 1. The number of hydrogen-bond acceptors (Lipinski definition) is 3. The molecule has 5 heteroatoms. The standard InChI is InChI=1S/C14H11N3O2/c18-17(19)14-4-2-1-3-12(14)16-11-6-5-10-7-8-15-13(10)9-11/h1-9,15-16H. The summed E-state index contributed by atoms with van der Waals surface area (Å²) in [6.45, 7) is 0. The Labute approximate surface area is 109 Å². The summed E-state index contributed by atoms with van der Waals surface area (Å²) in [4.78, 5) is 13.7. The number of benzene rings is 2. The minimum absolute atomic E-state index is 0.0640. The fraction of sp³-hybridized carbons (Fsp3) is 0. The molecule has 0 radical (unpaired) electrons. The normalized spacial score (nSPS) is 10.5. The Hall–Kier alpha value is -2.82. The Balaban J connectivity index is 1.98. The molecule has 3 rings (SSSR count). The summed E-state index contributed by atoms with van der Waals surface area (Å²) in [6, 6.07) is 14.3. The van der Waals surface area contributed by atoms with Gasteiger partial charge in [0.05, 0.1) is 4.92 Å². The number of H-pyrrole nitrogens is 1. The summed E-state index contributed by atoms with van der Waals surface area (Å²) in [5.41, 5.74) is 2.35. The van der Waals surface area contributed by atoms with Crippen LogP contribution in [0.5, 0.6) is 0 Å². The molecular formula is C14H11N3O2. The van der Waals surface area contributed by atoms with Crippen LogP contribution in [0.2, 0.25) is 0 Å². The lowest BCUT2D eigenvalue weighted by Crippen LogP contribution is -1.96. The smallest absolute Gasteiger partial charge is 0.292 e. The molecule has 0 saturated heterocycles. The van der Waals surface area contributed by atoms with Crippen molar-refractivity contribution in [1.29, 1.82) is 0 Å². The molecule has 2 aromatic carbocycles. The number of rotatable bonds is 3. The van der Waals surface area contributed by atoms with Gasteiger partial charge in [0, 0.05) is 23.5 Å². The van der Waals surface area contributed by atoms with Crippen molar-refractivity contribution in [2.75, 3.05) is 5.32 Å². The summed E-state index contributed by atoms with van der Waals surface area (Å²) in [5.74, 6) is 0. The van der Waals surface area contributed by atoms with Crippen LogP contribution >= 0.6 is 0 Å². The van der Waals surface area contributed by atoms with E-state index in [2.05, 4.69) is 10.3 Å². The number of nitrogens with one attached hydrogen (secondary N) is 2. The van der Waals surface area contributed by atoms with Crippen molar-refractivity contribution < 1.29 is 4.92 Å². The molecule has 0 saturated carbocycles. The SMILES string of the molecule is O=[N+]([O-])c1ccccc1Nc1ccc2cc[nH]c2c1. The van der Waals surface area contributed by atoms with Crippen LogP contribution in [-0.4, -0.2) is 9.91 Å². The zero-order chi connectivity index (χ0) is 13.2. The molecule has 1 aromatic heterocycles. The monoisotopic (exact) mass is 253 g/mol. The van der Waals surface area contributed by atoms with Crippen molar-refractivity contribution in [1.82, 2.24) is 4.98 Å². The highest BCUT2D eigenvalue weighted by Crippen LogP contribution is 2.28. The first-order valence-corrected chi connectivity index (χ1v) is 5.81. The van der Waals surface area contributed by atoms with E-state index in [9.17, 15) is 10.1 Å². The number of nitrogens with zero attached hydrogens (tertiary/aromatic N) is 1. The molecule has 0 fully saturated rings. The van der Waals surface area contributed by atoms with Crippen LogP contribution in [0.4, 0.5) is 17.1 Å². The lowest BCUT2D eigenvalue weighted by molar-refractivity contribution is -0.383. The number of para-hydroxylation sites is 2. The van der Waals surface area contributed by atoms with E-state index < -0.39 is 4.92 Å². The second kappa shape index (κ2) is 4.45. The van der Waals surface area contributed by atoms with Crippen LogP contribution in [0.1, 0.15) is 0 Å². The predicted octanol–water partition coefficient (Wildman–Crippen LogP) is 3.82. The lowest BCUT2D eigenvalue weighted by Gasteiger charge is -2.07. The molecule has 2 N–H and O–H groups in total. The zero-order valence-corrected chi connectivity index (χ0v) is 9.96. The van der Waals surface area contributed by atoms with Crippen LogP contribution in [0, 0.1) is 10.1 Å². The van der Waals surface area contributed by atoms with E-state index in [0.717, 1.165) is 16.6 Å². The maximum absolute atomic E-state index is 10.9. The van der Waals surface area contributed by atoms with Crippen LogP contribution in [0.25, 0.3) is 10.9 Å². The molecule has 5 nitrogen and oxygen atoms in total. The Kier molecular flexibility index (Phi) is 2.64. The highest BCUT2D eigenvalue weighted by atomic mass is 16.6.